The van der Waals surface area contributed by atoms with Crippen LogP contribution in [0.5, 0.6) is 0 Å². The minimum atomic E-state index is -0.238. The van der Waals surface area contributed by atoms with Crippen molar-refractivity contribution in [1.82, 2.24) is 9.97 Å². The first-order valence-corrected chi connectivity index (χ1v) is 9.23. The number of nitrogens with one attached hydrogen (secondary N) is 2. The summed E-state index contributed by atoms with van der Waals surface area (Å²) in [6, 6.07) is 8.31. The first-order chi connectivity index (χ1) is 12.2. The molecule has 1 amide bonds. The standard InChI is InChI=1S/C20H26N4O/c1-2-15-9-11-17(12-10-15)24-20(25)18-13-22-19(14-21-18)23-16-7-5-3-4-6-8-16/h9-14,16H,2-8H2,1H3,(H,22,23)(H,24,25). The van der Waals surface area contributed by atoms with Gasteiger partial charge >= 0.3 is 0 Å². The van der Waals surface area contributed by atoms with E-state index < -0.39 is 0 Å². The number of anilines is 2. The van der Waals surface area contributed by atoms with Crippen LogP contribution in [0, 0.1) is 0 Å². The molecule has 1 aromatic carbocycles. The Labute approximate surface area is 149 Å². The van der Waals surface area contributed by atoms with E-state index in [0.717, 1.165) is 17.9 Å². The Hall–Kier alpha value is -2.43. The average molecular weight is 338 g/mol. The molecule has 0 aliphatic heterocycles. The molecule has 1 fully saturated rings. The summed E-state index contributed by atoms with van der Waals surface area (Å²) in [5.41, 5.74) is 2.34. The fraction of sp³-hybridized carbons (Fsp3) is 0.450. The van der Waals surface area contributed by atoms with Crippen molar-refractivity contribution in [3.63, 3.8) is 0 Å². The maximum Gasteiger partial charge on any atom is 0.275 e. The fourth-order valence-corrected chi connectivity index (χ4v) is 3.17. The Morgan fingerprint density at radius 2 is 1.76 bits per heavy atom. The average Bonchev–Trinajstić information content (AvgIpc) is 2.91. The van der Waals surface area contributed by atoms with Crippen molar-refractivity contribution in [3.8, 4) is 0 Å². The number of aryl methyl sites for hydroxylation is 1. The van der Waals surface area contributed by atoms with Crippen LogP contribution in [0.15, 0.2) is 36.7 Å². The van der Waals surface area contributed by atoms with Crippen LogP contribution < -0.4 is 10.6 Å². The molecule has 5 nitrogen and oxygen atoms in total. The molecule has 3 rings (SSSR count). The Morgan fingerprint density at radius 1 is 1.04 bits per heavy atom. The second-order valence-electron chi connectivity index (χ2n) is 6.62. The van der Waals surface area contributed by atoms with Crippen LogP contribution in [-0.2, 0) is 6.42 Å². The van der Waals surface area contributed by atoms with Crippen molar-refractivity contribution in [2.24, 2.45) is 0 Å². The van der Waals surface area contributed by atoms with Gasteiger partial charge < -0.3 is 10.6 Å². The molecule has 0 unspecified atom stereocenters. The van der Waals surface area contributed by atoms with E-state index in [4.69, 9.17) is 0 Å². The van der Waals surface area contributed by atoms with Gasteiger partial charge in [0.2, 0.25) is 0 Å². The maximum absolute atomic E-state index is 12.3. The van der Waals surface area contributed by atoms with E-state index in [1.807, 2.05) is 24.3 Å². The van der Waals surface area contributed by atoms with E-state index in [1.54, 1.807) is 6.20 Å². The SMILES string of the molecule is CCc1ccc(NC(=O)c2cnc(NC3CCCCCC3)cn2)cc1. The van der Waals surface area contributed by atoms with E-state index in [-0.39, 0.29) is 5.91 Å². The maximum atomic E-state index is 12.3. The Bertz CT molecular complexity index is 674. The molecule has 0 atom stereocenters. The van der Waals surface area contributed by atoms with Gasteiger partial charge in [0.05, 0.1) is 12.4 Å². The zero-order valence-corrected chi connectivity index (χ0v) is 14.8. The third-order valence-electron chi connectivity index (χ3n) is 4.71. The second-order valence-corrected chi connectivity index (χ2v) is 6.62. The van der Waals surface area contributed by atoms with Gasteiger partial charge in [0.15, 0.2) is 0 Å². The first-order valence-electron chi connectivity index (χ1n) is 9.23. The second kappa shape index (κ2) is 8.60. The Kier molecular flexibility index (Phi) is 5.99. The summed E-state index contributed by atoms with van der Waals surface area (Å²) in [5.74, 6) is 0.508. The van der Waals surface area contributed by atoms with Gasteiger partial charge in [0, 0.05) is 11.7 Å². The monoisotopic (exact) mass is 338 g/mol. The number of hydrogen-bond acceptors (Lipinski definition) is 4. The Balaban J connectivity index is 1.57. The highest BCUT2D eigenvalue weighted by molar-refractivity contribution is 6.02. The summed E-state index contributed by atoms with van der Waals surface area (Å²) in [6.07, 6.45) is 11.7. The number of carbonyl (C=O) groups excluding carboxylic acids is 1. The van der Waals surface area contributed by atoms with Crippen LogP contribution in [0.1, 0.15) is 61.5 Å². The van der Waals surface area contributed by atoms with Crippen LogP contribution in [0.25, 0.3) is 0 Å². The van der Waals surface area contributed by atoms with Crippen LogP contribution in [-0.4, -0.2) is 21.9 Å². The summed E-state index contributed by atoms with van der Waals surface area (Å²) >= 11 is 0. The lowest BCUT2D eigenvalue weighted by atomic mass is 10.1. The topological polar surface area (TPSA) is 66.9 Å². The number of amides is 1. The van der Waals surface area contributed by atoms with Gasteiger partial charge in [-0.2, -0.15) is 0 Å². The predicted molar refractivity (Wildman–Crippen MR) is 101 cm³/mol. The lowest BCUT2D eigenvalue weighted by Gasteiger charge is -2.16. The summed E-state index contributed by atoms with van der Waals surface area (Å²) in [5, 5.41) is 6.30. The lowest BCUT2D eigenvalue weighted by molar-refractivity contribution is 0.102. The summed E-state index contributed by atoms with van der Waals surface area (Å²) < 4.78 is 0. The summed E-state index contributed by atoms with van der Waals surface area (Å²) in [6.45, 7) is 2.10. The molecule has 1 aromatic heterocycles. The zero-order chi connectivity index (χ0) is 17.5. The minimum Gasteiger partial charge on any atom is -0.366 e. The van der Waals surface area contributed by atoms with Crippen molar-refractivity contribution >= 4 is 17.4 Å². The van der Waals surface area contributed by atoms with Gasteiger partial charge in [-0.05, 0) is 37.0 Å². The molecule has 25 heavy (non-hydrogen) atoms. The molecular weight excluding hydrogens is 312 g/mol. The number of aromatic nitrogens is 2. The molecule has 1 saturated carbocycles. The quantitative estimate of drug-likeness (QED) is 0.792. The highest BCUT2D eigenvalue weighted by atomic mass is 16.1. The lowest BCUT2D eigenvalue weighted by Crippen LogP contribution is -2.20. The number of hydrogen-bond donors (Lipinski definition) is 2. The number of nitrogens with zero attached hydrogens (tertiary/aromatic N) is 2. The number of rotatable bonds is 5. The molecule has 0 spiro atoms. The van der Waals surface area contributed by atoms with Crippen LogP contribution in [0.4, 0.5) is 11.5 Å². The molecule has 0 bridgehead atoms. The molecule has 0 saturated heterocycles. The van der Waals surface area contributed by atoms with Crippen molar-refractivity contribution < 1.29 is 4.79 Å². The van der Waals surface area contributed by atoms with Gasteiger partial charge in [-0.1, -0.05) is 44.7 Å². The molecule has 0 radical (unpaired) electrons. The molecule has 2 N–H and O–H groups in total. The highest BCUT2D eigenvalue weighted by Crippen LogP contribution is 2.20. The van der Waals surface area contributed by atoms with Gasteiger partial charge in [0.25, 0.3) is 5.91 Å². The van der Waals surface area contributed by atoms with Crippen molar-refractivity contribution in [3.05, 3.63) is 47.9 Å². The van der Waals surface area contributed by atoms with E-state index in [2.05, 4.69) is 27.5 Å². The Morgan fingerprint density at radius 3 is 2.36 bits per heavy atom. The number of carbonyl (C=O) groups is 1. The van der Waals surface area contributed by atoms with Gasteiger partial charge in [-0.3, -0.25) is 4.79 Å². The molecule has 1 aliphatic carbocycles. The van der Waals surface area contributed by atoms with Crippen LogP contribution in [0.3, 0.4) is 0 Å². The summed E-state index contributed by atoms with van der Waals surface area (Å²) in [4.78, 5) is 20.9. The van der Waals surface area contributed by atoms with Crippen LogP contribution >= 0.6 is 0 Å². The third-order valence-corrected chi connectivity index (χ3v) is 4.71. The fourth-order valence-electron chi connectivity index (χ4n) is 3.17. The molecule has 2 aromatic rings. The van der Waals surface area contributed by atoms with Crippen LogP contribution in [0.2, 0.25) is 0 Å². The van der Waals surface area contributed by atoms with E-state index in [9.17, 15) is 4.79 Å². The molecule has 132 valence electrons. The van der Waals surface area contributed by atoms with Gasteiger partial charge in [-0.25, -0.2) is 9.97 Å². The van der Waals surface area contributed by atoms with E-state index in [0.29, 0.717) is 11.7 Å². The molecular formula is C20H26N4O. The minimum absolute atomic E-state index is 0.238. The third kappa shape index (κ3) is 5.02. The molecule has 1 aliphatic rings. The summed E-state index contributed by atoms with van der Waals surface area (Å²) in [7, 11) is 0. The van der Waals surface area contributed by atoms with E-state index >= 15 is 0 Å². The van der Waals surface area contributed by atoms with Crippen molar-refractivity contribution in [1.29, 1.82) is 0 Å². The molecule has 5 heteroatoms. The normalized spacial score (nSPS) is 15.4. The largest absolute Gasteiger partial charge is 0.366 e. The first kappa shape index (κ1) is 17.4. The highest BCUT2D eigenvalue weighted by Gasteiger charge is 2.13. The molecule has 1 heterocycles. The van der Waals surface area contributed by atoms with Gasteiger partial charge in [0.1, 0.15) is 11.5 Å². The predicted octanol–water partition coefficient (Wildman–Crippen LogP) is 4.43. The smallest absolute Gasteiger partial charge is 0.275 e. The van der Waals surface area contributed by atoms with E-state index in [1.165, 1.54) is 50.3 Å². The van der Waals surface area contributed by atoms with Crippen molar-refractivity contribution in [2.75, 3.05) is 10.6 Å². The van der Waals surface area contributed by atoms with Gasteiger partial charge in [-0.15, -0.1) is 0 Å². The van der Waals surface area contributed by atoms with Crippen molar-refractivity contribution in [2.45, 2.75) is 57.9 Å². The number of benzene rings is 1. The zero-order valence-electron chi connectivity index (χ0n) is 14.8.